The second kappa shape index (κ2) is 9.01. The zero-order valence-electron chi connectivity index (χ0n) is 16.6. The summed E-state index contributed by atoms with van der Waals surface area (Å²) in [5, 5.41) is 12.5. The topological polar surface area (TPSA) is 84.2 Å². The van der Waals surface area contributed by atoms with Crippen LogP contribution in [0.25, 0.3) is 11.7 Å². The molecule has 2 aromatic heterocycles. The lowest BCUT2D eigenvalue weighted by molar-refractivity contribution is 0.271. The van der Waals surface area contributed by atoms with Crippen LogP contribution in [-0.2, 0) is 13.0 Å². The number of nitrogens with one attached hydrogen (secondary N) is 1. The van der Waals surface area contributed by atoms with Crippen LogP contribution in [0.15, 0.2) is 75.6 Å². The molecule has 0 atom stereocenters. The Labute approximate surface area is 174 Å². The molecule has 0 aliphatic carbocycles. The summed E-state index contributed by atoms with van der Waals surface area (Å²) in [5.74, 6) is 2.47. The fourth-order valence-electron chi connectivity index (χ4n) is 3.02. The van der Waals surface area contributed by atoms with Gasteiger partial charge in [-0.25, -0.2) is 0 Å². The summed E-state index contributed by atoms with van der Waals surface area (Å²) in [7, 11) is 0. The number of aryl methyl sites for hydroxylation is 1. The molecule has 1 N–H and O–H groups in total. The highest BCUT2D eigenvalue weighted by atomic mass is 16.5. The molecule has 0 bridgehead atoms. The third-order valence-corrected chi connectivity index (χ3v) is 4.52. The molecule has 4 aromatic rings. The molecule has 0 saturated heterocycles. The molecule has 0 unspecified atom stereocenters. The number of oxazole rings is 1. The lowest BCUT2D eigenvalue weighted by Gasteiger charge is -2.04. The molecular weight excluding hydrogens is 378 g/mol. The first-order valence-corrected chi connectivity index (χ1v) is 9.68. The highest BCUT2D eigenvalue weighted by molar-refractivity contribution is 5.54. The Kier molecular flexibility index (Phi) is 5.81. The van der Waals surface area contributed by atoms with Crippen molar-refractivity contribution < 1.29 is 13.6 Å². The van der Waals surface area contributed by atoms with Gasteiger partial charge < -0.3 is 18.9 Å². The van der Waals surface area contributed by atoms with Crippen LogP contribution >= 0.6 is 0 Å². The van der Waals surface area contributed by atoms with Crippen LogP contribution < -0.4 is 10.1 Å². The molecule has 0 radical (unpaired) electrons. The van der Waals surface area contributed by atoms with Crippen molar-refractivity contribution in [2.24, 2.45) is 0 Å². The lowest BCUT2D eigenvalue weighted by atomic mass is 10.1. The highest BCUT2D eigenvalue weighted by Crippen LogP contribution is 2.27. The van der Waals surface area contributed by atoms with Crippen molar-refractivity contribution in [2.45, 2.75) is 20.0 Å². The van der Waals surface area contributed by atoms with E-state index >= 15 is 0 Å². The van der Waals surface area contributed by atoms with Gasteiger partial charge in [-0.1, -0.05) is 42.5 Å². The Morgan fingerprint density at radius 2 is 1.90 bits per heavy atom. The maximum atomic E-state index is 9.37. The SMILES string of the molecule is Cc1cccc(OCc2ccc(-c3nc(C#N)c(NCCc4ccccc4)o3)o2)c1. The predicted molar refractivity (Wildman–Crippen MR) is 113 cm³/mol. The number of nitriles is 1. The van der Waals surface area contributed by atoms with Crippen molar-refractivity contribution in [2.75, 3.05) is 11.9 Å². The third-order valence-electron chi connectivity index (χ3n) is 4.52. The molecule has 4 rings (SSSR count). The summed E-state index contributed by atoms with van der Waals surface area (Å²) in [6, 6.07) is 23.5. The molecule has 0 saturated carbocycles. The minimum Gasteiger partial charge on any atom is -0.486 e. The molecule has 0 aliphatic heterocycles. The summed E-state index contributed by atoms with van der Waals surface area (Å²) in [6.45, 7) is 2.93. The van der Waals surface area contributed by atoms with Gasteiger partial charge in [0.05, 0.1) is 0 Å². The lowest BCUT2D eigenvalue weighted by Crippen LogP contribution is -2.05. The molecular formula is C24H21N3O3. The first-order chi connectivity index (χ1) is 14.7. The van der Waals surface area contributed by atoms with Gasteiger partial charge in [-0.3, -0.25) is 0 Å². The Bertz CT molecular complexity index is 1160. The molecule has 2 heterocycles. The maximum absolute atomic E-state index is 9.37. The number of rotatable bonds is 8. The summed E-state index contributed by atoms with van der Waals surface area (Å²) in [4.78, 5) is 4.24. The second-order valence-electron chi connectivity index (χ2n) is 6.84. The standard InChI is InChI=1S/C24H21N3O3/c1-17-6-5-9-19(14-17)28-16-20-10-11-22(29-20)24-27-21(15-25)23(30-24)26-13-12-18-7-3-2-4-8-18/h2-11,14,26H,12-13,16H2,1H3. The van der Waals surface area contributed by atoms with Crippen molar-refractivity contribution in [3.8, 4) is 23.5 Å². The smallest absolute Gasteiger partial charge is 0.266 e. The molecule has 30 heavy (non-hydrogen) atoms. The molecule has 6 nitrogen and oxygen atoms in total. The van der Waals surface area contributed by atoms with Crippen molar-refractivity contribution >= 4 is 5.88 Å². The van der Waals surface area contributed by atoms with E-state index in [1.165, 1.54) is 5.56 Å². The van der Waals surface area contributed by atoms with Crippen LogP contribution in [0.3, 0.4) is 0 Å². The number of nitrogens with zero attached hydrogens (tertiary/aromatic N) is 2. The fourth-order valence-corrected chi connectivity index (χ4v) is 3.02. The maximum Gasteiger partial charge on any atom is 0.266 e. The van der Waals surface area contributed by atoms with Crippen molar-refractivity contribution in [3.05, 3.63) is 89.3 Å². The minimum atomic E-state index is 0.201. The molecule has 0 amide bonds. The monoisotopic (exact) mass is 399 g/mol. The minimum absolute atomic E-state index is 0.201. The highest BCUT2D eigenvalue weighted by Gasteiger charge is 2.17. The van der Waals surface area contributed by atoms with Crippen LogP contribution in [0.4, 0.5) is 5.88 Å². The number of benzene rings is 2. The Morgan fingerprint density at radius 1 is 1.03 bits per heavy atom. The van der Waals surface area contributed by atoms with Crippen LogP contribution in [0.1, 0.15) is 22.6 Å². The Morgan fingerprint density at radius 3 is 2.70 bits per heavy atom. The predicted octanol–water partition coefficient (Wildman–Crippen LogP) is 5.35. The fraction of sp³-hybridized carbons (Fsp3) is 0.167. The van der Waals surface area contributed by atoms with Crippen LogP contribution in [-0.4, -0.2) is 11.5 Å². The largest absolute Gasteiger partial charge is 0.486 e. The van der Waals surface area contributed by atoms with Crippen LogP contribution in [0, 0.1) is 18.3 Å². The van der Waals surface area contributed by atoms with Gasteiger partial charge in [0.25, 0.3) is 5.89 Å². The van der Waals surface area contributed by atoms with Gasteiger partial charge in [-0.05, 0) is 48.7 Å². The quantitative estimate of drug-likeness (QED) is 0.430. The van der Waals surface area contributed by atoms with Crippen LogP contribution in [0.5, 0.6) is 5.75 Å². The molecule has 0 spiro atoms. The van der Waals surface area contributed by atoms with Gasteiger partial charge in [0.1, 0.15) is 24.2 Å². The van der Waals surface area contributed by atoms with Gasteiger partial charge in [0.2, 0.25) is 11.6 Å². The van der Waals surface area contributed by atoms with E-state index in [9.17, 15) is 5.26 Å². The third kappa shape index (κ3) is 4.70. The Balaban J connectivity index is 1.40. The second-order valence-corrected chi connectivity index (χ2v) is 6.84. The molecule has 0 aliphatic rings. The number of anilines is 1. The molecule has 150 valence electrons. The summed E-state index contributed by atoms with van der Waals surface area (Å²) in [6.07, 6.45) is 0.808. The van der Waals surface area contributed by atoms with E-state index in [-0.39, 0.29) is 18.2 Å². The van der Waals surface area contributed by atoms with Gasteiger partial charge in [-0.15, -0.1) is 0 Å². The van der Waals surface area contributed by atoms with Gasteiger partial charge in [0.15, 0.2) is 5.76 Å². The van der Waals surface area contributed by atoms with Crippen molar-refractivity contribution in [1.82, 2.24) is 4.98 Å². The average molecular weight is 399 g/mol. The molecule has 0 fully saturated rings. The summed E-state index contributed by atoms with van der Waals surface area (Å²) >= 11 is 0. The Hall–Kier alpha value is -3.98. The van der Waals surface area contributed by atoms with Crippen molar-refractivity contribution in [1.29, 1.82) is 5.26 Å². The number of ether oxygens (including phenoxy) is 1. The zero-order valence-corrected chi connectivity index (χ0v) is 16.6. The van der Waals surface area contributed by atoms with E-state index < -0.39 is 0 Å². The summed E-state index contributed by atoms with van der Waals surface area (Å²) in [5.41, 5.74) is 2.53. The van der Waals surface area contributed by atoms with E-state index in [1.54, 1.807) is 6.07 Å². The van der Waals surface area contributed by atoms with Gasteiger partial charge >= 0.3 is 0 Å². The van der Waals surface area contributed by atoms with Gasteiger partial charge in [0, 0.05) is 6.54 Å². The van der Waals surface area contributed by atoms with E-state index in [1.807, 2.05) is 55.5 Å². The normalized spacial score (nSPS) is 10.5. The van der Waals surface area contributed by atoms with E-state index in [0.29, 0.717) is 23.9 Å². The van der Waals surface area contributed by atoms with Gasteiger partial charge in [-0.2, -0.15) is 10.2 Å². The first kappa shape index (κ1) is 19.3. The van der Waals surface area contributed by atoms with E-state index in [4.69, 9.17) is 13.6 Å². The molecule has 6 heteroatoms. The van der Waals surface area contributed by atoms with Crippen molar-refractivity contribution in [3.63, 3.8) is 0 Å². The van der Waals surface area contributed by atoms with Crippen LogP contribution in [0.2, 0.25) is 0 Å². The summed E-state index contributed by atoms with van der Waals surface area (Å²) < 4.78 is 17.3. The first-order valence-electron chi connectivity index (χ1n) is 9.68. The zero-order chi connectivity index (χ0) is 20.8. The number of hydrogen-bond donors (Lipinski definition) is 1. The number of furan rings is 1. The average Bonchev–Trinajstić information content (AvgIpc) is 3.40. The van der Waals surface area contributed by atoms with E-state index in [0.717, 1.165) is 17.7 Å². The number of aromatic nitrogens is 1. The molecule has 2 aromatic carbocycles. The van der Waals surface area contributed by atoms with E-state index in [2.05, 4.69) is 28.5 Å². The number of hydrogen-bond acceptors (Lipinski definition) is 6.